The summed E-state index contributed by atoms with van der Waals surface area (Å²) in [6, 6.07) is 1.48. The Morgan fingerprint density at radius 3 is 2.62 bits per heavy atom. The van der Waals surface area contributed by atoms with E-state index in [1.165, 1.54) is 13.1 Å². The van der Waals surface area contributed by atoms with E-state index in [1.54, 1.807) is 0 Å². The van der Waals surface area contributed by atoms with E-state index in [-0.39, 0.29) is 17.2 Å². The van der Waals surface area contributed by atoms with Crippen LogP contribution in [0.1, 0.15) is 31.9 Å². The van der Waals surface area contributed by atoms with Crippen molar-refractivity contribution in [2.45, 2.75) is 26.2 Å². The van der Waals surface area contributed by atoms with Gasteiger partial charge in [-0.05, 0) is 12.3 Å². The smallest absolute Gasteiger partial charge is 0.311 e. The van der Waals surface area contributed by atoms with Crippen LogP contribution in [0.2, 0.25) is 0 Å². The molecule has 0 amide bonds. The van der Waals surface area contributed by atoms with Gasteiger partial charge in [0.05, 0.1) is 0 Å². The summed E-state index contributed by atoms with van der Waals surface area (Å²) in [6.45, 7) is 3.99. The predicted molar refractivity (Wildman–Crippen MR) is 51.0 cm³/mol. The minimum Gasteiger partial charge on any atom is -0.311 e. The van der Waals surface area contributed by atoms with Crippen molar-refractivity contribution < 1.29 is 0 Å². The van der Waals surface area contributed by atoms with Gasteiger partial charge in [-0.2, -0.15) is 0 Å². The van der Waals surface area contributed by atoms with Crippen molar-refractivity contribution in [3.05, 3.63) is 32.6 Å². The number of rotatable bonds is 2. The lowest BCUT2D eigenvalue weighted by atomic mass is 10.1. The summed E-state index contributed by atoms with van der Waals surface area (Å²) in [5.41, 5.74) is 0.123. The van der Waals surface area contributed by atoms with E-state index in [1.807, 2.05) is 13.8 Å². The topological polar surface area (TPSA) is 54.9 Å². The quantitative estimate of drug-likeness (QED) is 0.727. The van der Waals surface area contributed by atoms with Crippen LogP contribution in [-0.2, 0) is 7.05 Å². The molecule has 1 rings (SSSR count). The maximum atomic E-state index is 11.2. The van der Waals surface area contributed by atoms with E-state index < -0.39 is 0 Å². The third-order valence-electron chi connectivity index (χ3n) is 2.31. The Balaban J connectivity index is 3.29. The van der Waals surface area contributed by atoms with Crippen LogP contribution in [0.25, 0.3) is 0 Å². The van der Waals surface area contributed by atoms with Gasteiger partial charge in [-0.25, -0.2) is 4.79 Å². The van der Waals surface area contributed by atoms with E-state index >= 15 is 0 Å². The minimum atomic E-state index is -0.345. The second-order valence-electron chi connectivity index (χ2n) is 3.24. The number of H-pyrrole nitrogens is 1. The molecule has 0 bridgehead atoms. The van der Waals surface area contributed by atoms with Crippen LogP contribution in [0.3, 0.4) is 0 Å². The maximum absolute atomic E-state index is 11.2. The molecular formula is C9H14N2O2. The van der Waals surface area contributed by atoms with Crippen molar-refractivity contribution >= 4 is 0 Å². The molecule has 1 aromatic rings. The van der Waals surface area contributed by atoms with Crippen LogP contribution >= 0.6 is 0 Å². The number of nitrogens with zero attached hydrogens (tertiary/aromatic N) is 1. The van der Waals surface area contributed by atoms with E-state index in [0.29, 0.717) is 0 Å². The lowest BCUT2D eigenvalue weighted by Crippen LogP contribution is -2.33. The fourth-order valence-corrected chi connectivity index (χ4v) is 1.06. The average Bonchev–Trinajstić information content (AvgIpc) is 2.12. The van der Waals surface area contributed by atoms with Gasteiger partial charge in [-0.1, -0.05) is 13.8 Å². The molecule has 1 unspecified atom stereocenters. The molecule has 1 N–H and O–H groups in total. The van der Waals surface area contributed by atoms with Gasteiger partial charge >= 0.3 is 5.69 Å². The molecule has 0 radical (unpaired) electrons. The molecule has 0 saturated carbocycles. The zero-order chi connectivity index (χ0) is 10.0. The molecule has 1 atom stereocenters. The summed E-state index contributed by atoms with van der Waals surface area (Å²) < 4.78 is 1.06. The first kappa shape index (κ1) is 9.77. The van der Waals surface area contributed by atoms with E-state index in [9.17, 15) is 9.59 Å². The van der Waals surface area contributed by atoms with Gasteiger partial charge < -0.3 is 4.98 Å². The van der Waals surface area contributed by atoms with Crippen LogP contribution < -0.4 is 11.2 Å². The van der Waals surface area contributed by atoms with Crippen molar-refractivity contribution in [3.8, 4) is 0 Å². The monoisotopic (exact) mass is 182 g/mol. The molecule has 0 spiro atoms. The summed E-state index contributed by atoms with van der Waals surface area (Å²) in [6.07, 6.45) is 0.906. The normalized spacial score (nSPS) is 12.8. The number of nitrogens with one attached hydrogen (secondary N) is 1. The number of aromatic nitrogens is 2. The van der Waals surface area contributed by atoms with Gasteiger partial charge in [0.25, 0.3) is 5.56 Å². The zero-order valence-electron chi connectivity index (χ0n) is 8.13. The van der Waals surface area contributed by atoms with Gasteiger partial charge in [0.2, 0.25) is 0 Å². The Bertz CT molecular complexity index is 372. The largest absolute Gasteiger partial charge is 0.328 e. The fourth-order valence-electron chi connectivity index (χ4n) is 1.06. The van der Waals surface area contributed by atoms with Crippen LogP contribution in [0, 0.1) is 0 Å². The van der Waals surface area contributed by atoms with E-state index in [0.717, 1.165) is 16.7 Å². The summed E-state index contributed by atoms with van der Waals surface area (Å²) in [7, 11) is 1.46. The van der Waals surface area contributed by atoms with Crippen LogP contribution in [0.5, 0.6) is 0 Å². The molecule has 0 aliphatic carbocycles. The zero-order valence-corrected chi connectivity index (χ0v) is 8.13. The maximum Gasteiger partial charge on any atom is 0.328 e. The molecule has 0 aliphatic rings. The molecule has 0 aliphatic heterocycles. The first-order chi connectivity index (χ1) is 6.06. The molecule has 1 heterocycles. The van der Waals surface area contributed by atoms with Crippen molar-refractivity contribution in [2.24, 2.45) is 7.05 Å². The number of hydrogen-bond donors (Lipinski definition) is 1. The third-order valence-corrected chi connectivity index (χ3v) is 2.31. The second-order valence-corrected chi connectivity index (χ2v) is 3.24. The van der Waals surface area contributed by atoms with E-state index in [2.05, 4.69) is 4.98 Å². The highest BCUT2D eigenvalue weighted by atomic mass is 16.2. The van der Waals surface area contributed by atoms with Gasteiger partial charge in [0.15, 0.2) is 0 Å². The molecule has 1 aromatic heterocycles. The molecule has 0 fully saturated rings. The Kier molecular flexibility index (Phi) is 2.70. The van der Waals surface area contributed by atoms with Gasteiger partial charge in [-0.3, -0.25) is 9.36 Å². The second kappa shape index (κ2) is 3.60. The molecule has 0 saturated heterocycles. The van der Waals surface area contributed by atoms with Gasteiger partial charge in [0.1, 0.15) is 0 Å². The summed E-state index contributed by atoms with van der Waals surface area (Å²) >= 11 is 0. The summed E-state index contributed by atoms with van der Waals surface area (Å²) in [5.74, 6) is 0.224. The average molecular weight is 182 g/mol. The number of aromatic amines is 1. The molecule has 72 valence electrons. The summed E-state index contributed by atoms with van der Waals surface area (Å²) in [5, 5.41) is 0. The first-order valence-electron chi connectivity index (χ1n) is 4.36. The lowest BCUT2D eigenvalue weighted by Gasteiger charge is -2.07. The van der Waals surface area contributed by atoms with Crippen LogP contribution in [0.4, 0.5) is 0 Å². The highest BCUT2D eigenvalue weighted by Gasteiger charge is 2.06. The SMILES string of the molecule is CCC(C)c1cc(=O)n(C)c(=O)[nH]1. The molecule has 0 aromatic carbocycles. The highest BCUT2D eigenvalue weighted by molar-refractivity contribution is 5.04. The molecule has 4 heteroatoms. The Morgan fingerprint density at radius 1 is 1.54 bits per heavy atom. The predicted octanol–water partition coefficient (Wildman–Crippen LogP) is 0.587. The molecule has 13 heavy (non-hydrogen) atoms. The number of hydrogen-bond acceptors (Lipinski definition) is 2. The third kappa shape index (κ3) is 1.88. The Hall–Kier alpha value is -1.32. The fraction of sp³-hybridized carbons (Fsp3) is 0.556. The summed E-state index contributed by atoms with van der Waals surface area (Å²) in [4.78, 5) is 25.1. The van der Waals surface area contributed by atoms with Crippen molar-refractivity contribution in [3.63, 3.8) is 0 Å². The first-order valence-corrected chi connectivity index (χ1v) is 4.36. The van der Waals surface area contributed by atoms with Gasteiger partial charge in [-0.15, -0.1) is 0 Å². The standard InChI is InChI=1S/C9H14N2O2/c1-4-6(2)7-5-8(12)11(3)9(13)10-7/h5-6H,4H2,1-3H3,(H,10,13). The minimum absolute atomic E-state index is 0.224. The Morgan fingerprint density at radius 2 is 2.15 bits per heavy atom. The van der Waals surface area contributed by atoms with Crippen molar-refractivity contribution in [2.75, 3.05) is 0 Å². The lowest BCUT2D eigenvalue weighted by molar-refractivity contribution is 0.670. The van der Waals surface area contributed by atoms with Crippen LogP contribution in [-0.4, -0.2) is 9.55 Å². The van der Waals surface area contributed by atoms with Gasteiger partial charge in [0, 0.05) is 18.8 Å². The van der Waals surface area contributed by atoms with E-state index in [4.69, 9.17) is 0 Å². The Labute approximate surface area is 76.2 Å². The molecular weight excluding hydrogens is 168 g/mol. The highest BCUT2D eigenvalue weighted by Crippen LogP contribution is 2.12. The van der Waals surface area contributed by atoms with Crippen molar-refractivity contribution in [1.82, 2.24) is 9.55 Å². The van der Waals surface area contributed by atoms with Crippen molar-refractivity contribution in [1.29, 1.82) is 0 Å². The van der Waals surface area contributed by atoms with Crippen LogP contribution in [0.15, 0.2) is 15.7 Å². The molecule has 4 nitrogen and oxygen atoms in total.